The molecule has 0 aliphatic heterocycles. The summed E-state index contributed by atoms with van der Waals surface area (Å²) in [5, 5.41) is 9.64. The second-order valence-corrected chi connectivity index (χ2v) is 16.2. The fourth-order valence-corrected chi connectivity index (χ4v) is 6.02. The molecule has 2 atom stereocenters. The SMILES string of the molecule is CC/C=C/C/C=C/C/C=C/C/C=C/C/C=C/C/C=C/CCCCCC(=O)OCC(COCCC(C(=O)O)[N+](C)(C)C)OC(=O)CCCCC/C=C/C/C=C/C/C=C/C/C=C/CC. The van der Waals surface area contributed by atoms with E-state index in [4.69, 9.17) is 14.2 Å². The van der Waals surface area contributed by atoms with Crippen LogP contribution in [0.4, 0.5) is 0 Å². The molecule has 0 radical (unpaired) electrons. The monoisotopic (exact) mass is 861 g/mol. The number of hydrogen-bond donors (Lipinski definition) is 1. The van der Waals surface area contributed by atoms with Crippen LogP contribution in [0, 0.1) is 0 Å². The van der Waals surface area contributed by atoms with E-state index in [9.17, 15) is 19.5 Å². The lowest BCUT2D eigenvalue weighted by molar-refractivity contribution is -0.887. The Morgan fingerprint density at radius 2 is 0.855 bits per heavy atom. The topological polar surface area (TPSA) is 99.1 Å². The van der Waals surface area contributed by atoms with Crippen molar-refractivity contribution < 1.29 is 38.2 Å². The summed E-state index contributed by atoms with van der Waals surface area (Å²) in [6.07, 6.45) is 61.0. The van der Waals surface area contributed by atoms with Gasteiger partial charge < -0.3 is 23.8 Å². The zero-order chi connectivity index (χ0) is 45.6. The summed E-state index contributed by atoms with van der Waals surface area (Å²) in [7, 11) is 5.49. The fourth-order valence-electron chi connectivity index (χ4n) is 6.02. The van der Waals surface area contributed by atoms with Crippen molar-refractivity contribution in [2.75, 3.05) is 41.0 Å². The molecular weight excluding hydrogens is 775 g/mol. The van der Waals surface area contributed by atoms with E-state index in [0.717, 1.165) is 109 Å². The van der Waals surface area contributed by atoms with Gasteiger partial charge in [-0.15, -0.1) is 0 Å². The average Bonchev–Trinajstić information content (AvgIpc) is 3.23. The summed E-state index contributed by atoms with van der Waals surface area (Å²) >= 11 is 0. The van der Waals surface area contributed by atoms with Gasteiger partial charge in [-0.3, -0.25) is 9.59 Å². The van der Waals surface area contributed by atoms with Crippen molar-refractivity contribution in [1.29, 1.82) is 0 Å². The average molecular weight is 861 g/mol. The third kappa shape index (κ3) is 41.1. The minimum Gasteiger partial charge on any atom is -0.477 e. The van der Waals surface area contributed by atoms with Crippen LogP contribution in [0.5, 0.6) is 0 Å². The van der Waals surface area contributed by atoms with Crippen molar-refractivity contribution in [3.8, 4) is 0 Å². The highest BCUT2D eigenvalue weighted by molar-refractivity contribution is 5.72. The van der Waals surface area contributed by atoms with Gasteiger partial charge in [0, 0.05) is 19.3 Å². The predicted molar refractivity (Wildman–Crippen MR) is 261 cm³/mol. The van der Waals surface area contributed by atoms with Gasteiger partial charge in [-0.25, -0.2) is 4.79 Å². The zero-order valence-electron chi connectivity index (χ0n) is 39.5. The van der Waals surface area contributed by atoms with Gasteiger partial charge in [0.2, 0.25) is 0 Å². The molecule has 0 bridgehead atoms. The Bertz CT molecular complexity index is 1420. The maximum atomic E-state index is 12.7. The molecule has 0 aromatic carbocycles. The molecule has 8 nitrogen and oxygen atoms in total. The maximum Gasteiger partial charge on any atom is 0.362 e. The lowest BCUT2D eigenvalue weighted by atomic mass is 10.1. The number of carboxylic acid groups (broad SMARTS) is 1. The molecule has 0 fully saturated rings. The van der Waals surface area contributed by atoms with Crippen LogP contribution < -0.4 is 0 Å². The normalized spacial score (nSPS) is 14.0. The highest BCUT2D eigenvalue weighted by Gasteiger charge is 2.31. The number of likely N-dealkylation sites (N-methyl/N-ethyl adjacent to an activating group) is 1. The smallest absolute Gasteiger partial charge is 0.362 e. The molecule has 0 amide bonds. The van der Waals surface area contributed by atoms with E-state index in [1.54, 1.807) is 0 Å². The maximum absolute atomic E-state index is 12.7. The lowest BCUT2D eigenvalue weighted by Gasteiger charge is -2.31. The molecule has 0 spiro atoms. The summed E-state index contributed by atoms with van der Waals surface area (Å²) in [4.78, 5) is 37.1. The van der Waals surface area contributed by atoms with Gasteiger partial charge in [-0.05, 0) is 103 Å². The van der Waals surface area contributed by atoms with Crippen LogP contribution in [0.2, 0.25) is 0 Å². The molecule has 0 aliphatic carbocycles. The number of nitrogens with zero attached hydrogens (tertiary/aromatic N) is 1. The Morgan fingerprint density at radius 1 is 0.484 bits per heavy atom. The Morgan fingerprint density at radius 3 is 1.23 bits per heavy atom. The quantitative estimate of drug-likeness (QED) is 0.0283. The van der Waals surface area contributed by atoms with Crippen LogP contribution in [0.3, 0.4) is 0 Å². The lowest BCUT2D eigenvalue weighted by Crippen LogP contribution is -2.50. The molecule has 62 heavy (non-hydrogen) atoms. The Hall–Kier alpha value is -4.27. The minimum absolute atomic E-state index is 0.0281. The molecule has 0 saturated carbocycles. The summed E-state index contributed by atoms with van der Waals surface area (Å²) in [5.41, 5.74) is 0. The largest absolute Gasteiger partial charge is 0.477 e. The second kappa shape index (κ2) is 43.4. The number of rotatable bonds is 40. The number of quaternary nitrogens is 1. The summed E-state index contributed by atoms with van der Waals surface area (Å²) in [6, 6.07) is -0.634. The van der Waals surface area contributed by atoms with Crippen molar-refractivity contribution in [2.24, 2.45) is 0 Å². The molecule has 0 aromatic heterocycles. The van der Waals surface area contributed by atoms with E-state index in [-0.39, 0.29) is 42.7 Å². The zero-order valence-corrected chi connectivity index (χ0v) is 39.5. The number of esters is 2. The Labute approximate surface area is 378 Å². The number of carbonyl (C=O) groups excluding carboxylic acids is 2. The van der Waals surface area contributed by atoms with Crippen molar-refractivity contribution >= 4 is 17.9 Å². The van der Waals surface area contributed by atoms with Gasteiger partial charge in [0.25, 0.3) is 0 Å². The van der Waals surface area contributed by atoms with Crippen LogP contribution in [0.25, 0.3) is 0 Å². The van der Waals surface area contributed by atoms with E-state index < -0.39 is 18.1 Å². The van der Waals surface area contributed by atoms with Crippen LogP contribution in [-0.4, -0.2) is 80.6 Å². The molecular formula is C54H86NO7+. The predicted octanol–water partition coefficient (Wildman–Crippen LogP) is 13.4. The number of aliphatic carboxylic acids is 1. The molecule has 0 saturated heterocycles. The molecule has 0 aromatic rings. The van der Waals surface area contributed by atoms with E-state index in [0.29, 0.717) is 19.3 Å². The van der Waals surface area contributed by atoms with Crippen molar-refractivity contribution in [1.82, 2.24) is 0 Å². The number of unbranched alkanes of at least 4 members (excludes halogenated alkanes) is 6. The third-order valence-electron chi connectivity index (χ3n) is 9.61. The first-order valence-corrected chi connectivity index (χ1v) is 23.6. The summed E-state index contributed by atoms with van der Waals surface area (Å²) < 4.78 is 17.2. The van der Waals surface area contributed by atoms with Crippen LogP contribution in [-0.2, 0) is 28.6 Å². The molecule has 2 unspecified atom stereocenters. The number of allylic oxidation sites excluding steroid dienone is 20. The van der Waals surface area contributed by atoms with Gasteiger partial charge in [0.1, 0.15) is 6.61 Å². The molecule has 348 valence electrons. The second-order valence-electron chi connectivity index (χ2n) is 16.2. The van der Waals surface area contributed by atoms with Crippen LogP contribution in [0.15, 0.2) is 122 Å². The van der Waals surface area contributed by atoms with Gasteiger partial charge in [-0.2, -0.15) is 0 Å². The number of ether oxygens (including phenoxy) is 3. The van der Waals surface area contributed by atoms with Gasteiger partial charge in [0.15, 0.2) is 12.1 Å². The molecule has 0 aliphatic rings. The Kier molecular flexibility index (Phi) is 40.4. The van der Waals surface area contributed by atoms with Crippen LogP contribution >= 0.6 is 0 Å². The van der Waals surface area contributed by atoms with E-state index >= 15 is 0 Å². The van der Waals surface area contributed by atoms with Crippen molar-refractivity contribution in [2.45, 2.75) is 161 Å². The van der Waals surface area contributed by atoms with Gasteiger partial charge in [0.05, 0.1) is 34.4 Å². The number of hydrogen-bond acceptors (Lipinski definition) is 6. The summed E-state index contributed by atoms with van der Waals surface area (Å²) in [5.74, 6) is -1.57. The van der Waals surface area contributed by atoms with Gasteiger partial charge >= 0.3 is 17.9 Å². The highest BCUT2D eigenvalue weighted by atomic mass is 16.6. The molecule has 1 N–H and O–H groups in total. The highest BCUT2D eigenvalue weighted by Crippen LogP contribution is 2.12. The molecule has 8 heteroatoms. The number of carbonyl (C=O) groups is 3. The third-order valence-corrected chi connectivity index (χ3v) is 9.61. The number of carboxylic acids is 1. The minimum atomic E-state index is -0.891. The van der Waals surface area contributed by atoms with Gasteiger partial charge in [-0.1, -0.05) is 148 Å². The first-order chi connectivity index (χ1) is 30.1. The van der Waals surface area contributed by atoms with E-state index in [1.165, 1.54) is 0 Å². The first-order valence-electron chi connectivity index (χ1n) is 23.6. The Balaban J connectivity index is 4.44. The van der Waals surface area contributed by atoms with E-state index in [1.807, 2.05) is 21.1 Å². The molecule has 0 heterocycles. The van der Waals surface area contributed by atoms with E-state index in [2.05, 4.69) is 135 Å². The summed E-state index contributed by atoms with van der Waals surface area (Å²) in [6.45, 7) is 4.41. The fraction of sp³-hybridized carbons (Fsp3) is 0.574. The first kappa shape index (κ1) is 57.7. The van der Waals surface area contributed by atoms with Crippen molar-refractivity contribution in [3.63, 3.8) is 0 Å². The van der Waals surface area contributed by atoms with Crippen molar-refractivity contribution in [3.05, 3.63) is 122 Å². The standard InChI is InChI=1S/C54H85NO7/c1-6-8-10-12-14-16-18-20-22-24-25-26-27-28-29-31-32-34-36-38-40-42-44-52(56)61-49-50(48-60-47-46-51(54(58)59)55(3,4)5)62-53(57)45-43-41-39-37-35-33-30-23-21-19-17-15-13-11-9-7-2/h8-11,14-17,20-23,25-26,28-29,32-35,50-51H,6-7,12-13,18-19,24,27,30-31,36-49H2,1-5H3/p+1/b10-8+,11-9+,16-14+,17-15+,22-20+,23-21+,26-25+,29-28+,34-32+,35-33+. The molecule has 0 rings (SSSR count). The van der Waals surface area contributed by atoms with Crippen LogP contribution in [0.1, 0.15) is 149 Å².